The summed E-state index contributed by atoms with van der Waals surface area (Å²) >= 11 is 0. The summed E-state index contributed by atoms with van der Waals surface area (Å²) in [7, 11) is 2.64. The van der Waals surface area contributed by atoms with Crippen LogP contribution in [0.15, 0.2) is 42.5 Å². The Morgan fingerprint density at radius 3 is 2.09 bits per heavy atom. The number of ether oxygens (including phenoxy) is 3. The zero-order chi connectivity index (χ0) is 16.1. The van der Waals surface area contributed by atoms with Gasteiger partial charge in [0.1, 0.15) is 5.82 Å². The van der Waals surface area contributed by atoms with Crippen LogP contribution in [0.5, 0.6) is 11.5 Å². The van der Waals surface area contributed by atoms with Crippen molar-refractivity contribution in [1.29, 1.82) is 0 Å². The van der Waals surface area contributed by atoms with Crippen LogP contribution in [-0.4, -0.2) is 26.2 Å². The molecule has 0 N–H and O–H groups in total. The average Bonchev–Trinajstić information content (AvgIpc) is 2.55. The van der Waals surface area contributed by atoms with Crippen LogP contribution in [0, 0.1) is 5.82 Å². The molecule has 0 spiro atoms. The van der Waals surface area contributed by atoms with Gasteiger partial charge in [-0.2, -0.15) is 0 Å². The van der Waals surface area contributed by atoms with E-state index in [9.17, 15) is 14.0 Å². The summed E-state index contributed by atoms with van der Waals surface area (Å²) < 4.78 is 27.7. The van der Waals surface area contributed by atoms with Crippen LogP contribution in [0.1, 0.15) is 20.7 Å². The van der Waals surface area contributed by atoms with Crippen molar-refractivity contribution in [2.75, 3.05) is 14.2 Å². The topological polar surface area (TPSA) is 61.8 Å². The van der Waals surface area contributed by atoms with E-state index in [-0.39, 0.29) is 22.6 Å². The standard InChI is InChI=1S/C16H13FO5/c1-20-14-9-11(15(18)21-2)5-8-13(14)22-16(19)10-3-6-12(17)7-4-10/h3-9H,1-2H3. The Kier molecular flexibility index (Phi) is 4.73. The van der Waals surface area contributed by atoms with Crippen molar-refractivity contribution >= 4 is 11.9 Å². The molecule has 0 aliphatic carbocycles. The van der Waals surface area contributed by atoms with E-state index in [2.05, 4.69) is 4.74 Å². The number of benzene rings is 2. The summed E-state index contributed by atoms with van der Waals surface area (Å²) in [6.07, 6.45) is 0. The molecule has 0 atom stereocenters. The summed E-state index contributed by atoms with van der Waals surface area (Å²) in [6, 6.07) is 9.22. The lowest BCUT2D eigenvalue weighted by molar-refractivity contribution is 0.0600. The number of hydrogen-bond donors (Lipinski definition) is 0. The van der Waals surface area contributed by atoms with Crippen molar-refractivity contribution in [3.05, 3.63) is 59.4 Å². The zero-order valence-corrected chi connectivity index (χ0v) is 12.0. The maximum absolute atomic E-state index is 12.8. The van der Waals surface area contributed by atoms with Crippen LogP contribution in [0.4, 0.5) is 4.39 Å². The van der Waals surface area contributed by atoms with E-state index in [1.807, 2.05) is 0 Å². The molecule has 2 aromatic carbocycles. The molecule has 0 aromatic heterocycles. The molecule has 0 amide bonds. The van der Waals surface area contributed by atoms with Gasteiger partial charge in [0.05, 0.1) is 25.3 Å². The quantitative estimate of drug-likeness (QED) is 0.642. The van der Waals surface area contributed by atoms with Crippen LogP contribution in [0.25, 0.3) is 0 Å². The Morgan fingerprint density at radius 2 is 1.50 bits per heavy atom. The van der Waals surface area contributed by atoms with Crippen molar-refractivity contribution in [2.45, 2.75) is 0 Å². The van der Waals surface area contributed by atoms with Crippen LogP contribution in [-0.2, 0) is 4.74 Å². The highest BCUT2D eigenvalue weighted by Gasteiger charge is 2.15. The molecule has 6 heteroatoms. The van der Waals surface area contributed by atoms with E-state index in [4.69, 9.17) is 9.47 Å². The summed E-state index contributed by atoms with van der Waals surface area (Å²) in [4.78, 5) is 23.4. The number of halogens is 1. The summed E-state index contributed by atoms with van der Waals surface area (Å²) in [5.74, 6) is -1.29. The maximum atomic E-state index is 12.8. The first-order valence-electron chi connectivity index (χ1n) is 6.29. The molecule has 114 valence electrons. The Balaban J connectivity index is 2.23. The minimum atomic E-state index is -0.663. The molecule has 22 heavy (non-hydrogen) atoms. The van der Waals surface area contributed by atoms with Crippen LogP contribution < -0.4 is 9.47 Å². The van der Waals surface area contributed by atoms with Gasteiger partial charge < -0.3 is 14.2 Å². The van der Waals surface area contributed by atoms with Crippen LogP contribution in [0.3, 0.4) is 0 Å². The third-order valence-corrected chi connectivity index (χ3v) is 2.87. The van der Waals surface area contributed by atoms with E-state index in [0.29, 0.717) is 0 Å². The number of rotatable bonds is 4. The van der Waals surface area contributed by atoms with Gasteiger partial charge in [-0.15, -0.1) is 0 Å². The first kappa shape index (κ1) is 15.5. The molecule has 0 unspecified atom stereocenters. The SMILES string of the molecule is COC(=O)c1ccc(OC(=O)c2ccc(F)cc2)c(OC)c1. The highest BCUT2D eigenvalue weighted by molar-refractivity contribution is 5.92. The van der Waals surface area contributed by atoms with Gasteiger partial charge in [-0.3, -0.25) is 0 Å². The number of esters is 2. The highest BCUT2D eigenvalue weighted by Crippen LogP contribution is 2.29. The number of carbonyl (C=O) groups is 2. The summed E-state index contributed by atoms with van der Waals surface area (Å²) in [5, 5.41) is 0. The predicted molar refractivity (Wildman–Crippen MR) is 75.7 cm³/mol. The molecule has 5 nitrogen and oxygen atoms in total. The molecular weight excluding hydrogens is 291 g/mol. The van der Waals surface area contributed by atoms with E-state index in [1.54, 1.807) is 0 Å². The molecule has 0 aliphatic rings. The molecule has 0 bridgehead atoms. The van der Waals surface area contributed by atoms with Gasteiger partial charge in [0.15, 0.2) is 11.5 Å². The molecule has 0 fully saturated rings. The van der Waals surface area contributed by atoms with E-state index < -0.39 is 17.8 Å². The fourth-order valence-electron chi connectivity index (χ4n) is 1.74. The largest absolute Gasteiger partial charge is 0.493 e. The summed E-state index contributed by atoms with van der Waals surface area (Å²) in [6.45, 7) is 0. The van der Waals surface area contributed by atoms with E-state index in [1.165, 1.54) is 44.6 Å². The smallest absolute Gasteiger partial charge is 0.343 e. The second-order valence-corrected chi connectivity index (χ2v) is 4.25. The normalized spacial score (nSPS) is 9.95. The van der Waals surface area contributed by atoms with Crippen molar-refractivity contribution < 1.29 is 28.2 Å². The zero-order valence-electron chi connectivity index (χ0n) is 12.0. The predicted octanol–water partition coefficient (Wildman–Crippen LogP) is 2.84. The lowest BCUT2D eigenvalue weighted by Crippen LogP contribution is -2.10. The van der Waals surface area contributed by atoms with E-state index in [0.717, 1.165) is 12.1 Å². The Hall–Kier alpha value is -2.89. The van der Waals surface area contributed by atoms with Crippen molar-refractivity contribution in [3.8, 4) is 11.5 Å². The Morgan fingerprint density at radius 1 is 0.864 bits per heavy atom. The molecule has 0 saturated carbocycles. The fraction of sp³-hybridized carbons (Fsp3) is 0.125. The second-order valence-electron chi connectivity index (χ2n) is 4.25. The fourth-order valence-corrected chi connectivity index (χ4v) is 1.74. The molecule has 2 aromatic rings. The van der Waals surface area contributed by atoms with Gasteiger partial charge in [0.25, 0.3) is 0 Å². The number of hydrogen-bond acceptors (Lipinski definition) is 5. The van der Waals surface area contributed by atoms with Gasteiger partial charge in [-0.25, -0.2) is 14.0 Å². The molecule has 0 heterocycles. The molecule has 0 saturated heterocycles. The Bertz CT molecular complexity index is 694. The second kappa shape index (κ2) is 6.71. The minimum absolute atomic E-state index is 0.143. The van der Waals surface area contributed by atoms with Crippen LogP contribution >= 0.6 is 0 Å². The van der Waals surface area contributed by atoms with Crippen molar-refractivity contribution in [3.63, 3.8) is 0 Å². The van der Waals surface area contributed by atoms with Gasteiger partial charge in [0.2, 0.25) is 0 Å². The third-order valence-electron chi connectivity index (χ3n) is 2.87. The monoisotopic (exact) mass is 304 g/mol. The summed E-state index contributed by atoms with van der Waals surface area (Å²) in [5.41, 5.74) is 0.460. The minimum Gasteiger partial charge on any atom is -0.493 e. The van der Waals surface area contributed by atoms with Gasteiger partial charge in [0, 0.05) is 0 Å². The lowest BCUT2D eigenvalue weighted by atomic mass is 10.2. The molecule has 0 aliphatic heterocycles. The highest BCUT2D eigenvalue weighted by atomic mass is 19.1. The third kappa shape index (κ3) is 3.41. The maximum Gasteiger partial charge on any atom is 0.343 e. The molecule has 0 radical (unpaired) electrons. The first-order chi connectivity index (χ1) is 10.5. The molecule has 2 rings (SSSR count). The van der Waals surface area contributed by atoms with Crippen LogP contribution in [0.2, 0.25) is 0 Å². The average molecular weight is 304 g/mol. The number of methoxy groups -OCH3 is 2. The van der Waals surface area contributed by atoms with Crippen molar-refractivity contribution in [1.82, 2.24) is 0 Å². The van der Waals surface area contributed by atoms with Crippen molar-refractivity contribution in [2.24, 2.45) is 0 Å². The lowest BCUT2D eigenvalue weighted by Gasteiger charge is -2.10. The molecular formula is C16H13FO5. The number of carbonyl (C=O) groups excluding carboxylic acids is 2. The Labute approximate surface area is 126 Å². The van der Waals surface area contributed by atoms with Gasteiger partial charge in [-0.1, -0.05) is 0 Å². The van der Waals surface area contributed by atoms with Gasteiger partial charge in [-0.05, 0) is 42.5 Å². The van der Waals surface area contributed by atoms with E-state index >= 15 is 0 Å². The first-order valence-corrected chi connectivity index (χ1v) is 6.29. The van der Waals surface area contributed by atoms with Gasteiger partial charge >= 0.3 is 11.9 Å².